The number of nitrogens with one attached hydrogen (secondary N) is 1. The molecule has 0 aliphatic heterocycles. The highest BCUT2D eigenvalue weighted by atomic mass is 32.2. The van der Waals surface area contributed by atoms with Crippen molar-refractivity contribution in [2.75, 3.05) is 12.0 Å². The van der Waals surface area contributed by atoms with Gasteiger partial charge in [-0.25, -0.2) is 13.1 Å². The Balaban J connectivity index is 1.52. The van der Waals surface area contributed by atoms with Crippen LogP contribution >= 0.6 is 0 Å². The van der Waals surface area contributed by atoms with E-state index in [1.54, 1.807) is 67.0 Å². The number of sulfonamides is 1. The van der Waals surface area contributed by atoms with Gasteiger partial charge in [-0.3, -0.25) is 14.6 Å². The summed E-state index contributed by atoms with van der Waals surface area (Å²) in [5.41, 5.74) is 2.97. The van der Waals surface area contributed by atoms with E-state index in [9.17, 15) is 18.0 Å². The molecule has 3 aromatic carbocycles. The van der Waals surface area contributed by atoms with Crippen LogP contribution in [0.25, 0.3) is 11.0 Å². The maximum absolute atomic E-state index is 12.8. The fraction of sp³-hybridized carbons (Fsp3) is 0.100. The minimum absolute atomic E-state index is 0.00354. The molecule has 0 aliphatic rings. The van der Waals surface area contributed by atoms with Crippen LogP contribution in [0.1, 0.15) is 33.4 Å². The molecule has 0 atom stereocenters. The molecule has 0 aliphatic carbocycles. The third-order valence-corrected chi connectivity index (χ3v) is 7.61. The van der Waals surface area contributed by atoms with Crippen LogP contribution < -0.4 is 14.4 Å². The number of rotatable bonds is 9. The van der Waals surface area contributed by atoms with Crippen LogP contribution in [0.15, 0.2) is 107 Å². The SMILES string of the molecule is COc1ccc(N(Cc2cccnc2)c2ccc(C(=O)NS(=O)(=O)c3ccccc3)cc2)c2cc(C(C)=O)oc12. The topological polar surface area (TPSA) is 119 Å². The van der Waals surface area contributed by atoms with Gasteiger partial charge in [0.25, 0.3) is 15.9 Å². The fourth-order valence-corrected chi connectivity index (χ4v) is 5.27. The number of aromatic nitrogens is 1. The summed E-state index contributed by atoms with van der Waals surface area (Å²) in [6.45, 7) is 1.84. The standard InChI is InChI=1S/C30H25N3O6S/c1-20(34)28-17-25-26(14-15-27(38-2)29(25)39-28)33(19-21-7-6-16-31-18-21)23-12-10-22(11-13-23)30(35)32-40(36,37)24-8-4-3-5-9-24/h3-18H,19H2,1-2H3,(H,32,35). The van der Waals surface area contributed by atoms with E-state index in [1.807, 2.05) is 23.1 Å². The predicted molar refractivity (Wildman–Crippen MR) is 150 cm³/mol. The molecule has 0 saturated heterocycles. The molecule has 5 rings (SSSR count). The lowest BCUT2D eigenvalue weighted by atomic mass is 10.1. The molecule has 40 heavy (non-hydrogen) atoms. The second-order valence-corrected chi connectivity index (χ2v) is 10.6. The van der Waals surface area contributed by atoms with E-state index in [1.165, 1.54) is 26.2 Å². The highest BCUT2D eigenvalue weighted by molar-refractivity contribution is 7.90. The molecule has 202 valence electrons. The Morgan fingerprint density at radius 1 is 0.975 bits per heavy atom. The van der Waals surface area contributed by atoms with E-state index in [0.29, 0.717) is 29.0 Å². The Kier molecular flexibility index (Phi) is 7.35. The van der Waals surface area contributed by atoms with Crippen LogP contribution in [0.2, 0.25) is 0 Å². The Hall–Kier alpha value is -4.96. The van der Waals surface area contributed by atoms with Crippen LogP contribution in [0.3, 0.4) is 0 Å². The first-order valence-corrected chi connectivity index (χ1v) is 13.8. The molecule has 10 heteroatoms. The second kappa shape index (κ2) is 11.0. The van der Waals surface area contributed by atoms with Gasteiger partial charge < -0.3 is 14.1 Å². The smallest absolute Gasteiger partial charge is 0.264 e. The molecule has 1 N–H and O–H groups in total. The molecule has 2 aromatic heterocycles. The van der Waals surface area contributed by atoms with Gasteiger partial charge in [-0.2, -0.15) is 0 Å². The van der Waals surface area contributed by atoms with E-state index in [-0.39, 0.29) is 22.0 Å². The van der Waals surface area contributed by atoms with Crippen molar-refractivity contribution in [3.05, 3.63) is 114 Å². The van der Waals surface area contributed by atoms with E-state index in [0.717, 1.165) is 11.3 Å². The van der Waals surface area contributed by atoms with Crippen molar-refractivity contribution in [3.63, 3.8) is 0 Å². The predicted octanol–water partition coefficient (Wildman–Crippen LogP) is 5.50. The summed E-state index contributed by atoms with van der Waals surface area (Å²) in [7, 11) is -2.49. The average molecular weight is 556 g/mol. The van der Waals surface area contributed by atoms with E-state index < -0.39 is 15.9 Å². The average Bonchev–Trinajstić information content (AvgIpc) is 3.43. The zero-order valence-corrected chi connectivity index (χ0v) is 22.5. The number of anilines is 2. The van der Waals surface area contributed by atoms with Gasteiger partial charge in [0.15, 0.2) is 22.9 Å². The van der Waals surface area contributed by atoms with Crippen molar-refractivity contribution in [3.8, 4) is 5.75 Å². The number of hydrogen-bond donors (Lipinski definition) is 1. The number of ketones is 1. The van der Waals surface area contributed by atoms with E-state index in [2.05, 4.69) is 9.71 Å². The number of fused-ring (bicyclic) bond motifs is 1. The minimum atomic E-state index is -4.02. The number of carbonyl (C=O) groups is 2. The normalized spacial score (nSPS) is 11.2. The first-order valence-electron chi connectivity index (χ1n) is 12.3. The van der Waals surface area contributed by atoms with Gasteiger partial charge in [-0.1, -0.05) is 24.3 Å². The number of pyridine rings is 1. The van der Waals surface area contributed by atoms with E-state index >= 15 is 0 Å². The number of Topliss-reactive ketones (excluding diaryl/α,β-unsaturated/α-hetero) is 1. The number of methoxy groups -OCH3 is 1. The molecule has 0 fully saturated rings. The van der Waals surface area contributed by atoms with Crippen molar-refractivity contribution in [1.29, 1.82) is 0 Å². The van der Waals surface area contributed by atoms with Crippen molar-refractivity contribution in [1.82, 2.24) is 9.71 Å². The minimum Gasteiger partial charge on any atom is -0.493 e. The molecule has 2 heterocycles. The highest BCUT2D eigenvalue weighted by Gasteiger charge is 2.22. The van der Waals surface area contributed by atoms with Crippen molar-refractivity contribution in [2.45, 2.75) is 18.4 Å². The molecule has 0 spiro atoms. The maximum atomic E-state index is 12.8. The number of amides is 1. The first kappa shape index (κ1) is 26.6. The Morgan fingerprint density at radius 2 is 1.73 bits per heavy atom. The van der Waals surface area contributed by atoms with E-state index in [4.69, 9.17) is 9.15 Å². The summed E-state index contributed by atoms with van der Waals surface area (Å²) >= 11 is 0. The highest BCUT2D eigenvalue weighted by Crippen LogP contribution is 2.40. The van der Waals surface area contributed by atoms with Gasteiger partial charge in [0.05, 0.1) is 17.7 Å². The van der Waals surface area contributed by atoms with Gasteiger partial charge in [0, 0.05) is 42.5 Å². The number of nitrogens with zero attached hydrogens (tertiary/aromatic N) is 2. The number of hydrogen-bond acceptors (Lipinski definition) is 8. The lowest BCUT2D eigenvalue weighted by Gasteiger charge is -2.26. The third-order valence-electron chi connectivity index (χ3n) is 6.27. The molecule has 0 bridgehead atoms. The molecule has 9 nitrogen and oxygen atoms in total. The van der Waals surface area contributed by atoms with Gasteiger partial charge in [0.2, 0.25) is 0 Å². The number of carbonyl (C=O) groups excluding carboxylic acids is 2. The Labute approximate surface area is 231 Å². The molecular weight excluding hydrogens is 530 g/mol. The lowest BCUT2D eigenvalue weighted by Crippen LogP contribution is -2.30. The molecule has 0 unspecified atom stereocenters. The third kappa shape index (κ3) is 5.43. The zero-order chi connectivity index (χ0) is 28.3. The summed E-state index contributed by atoms with van der Waals surface area (Å²) in [4.78, 5) is 31.1. The van der Waals surface area contributed by atoms with Crippen molar-refractivity contribution < 1.29 is 27.2 Å². The van der Waals surface area contributed by atoms with Crippen LogP contribution in [-0.4, -0.2) is 32.2 Å². The largest absolute Gasteiger partial charge is 0.493 e. The number of ether oxygens (including phenoxy) is 1. The van der Waals surface area contributed by atoms with Crippen LogP contribution in [0.4, 0.5) is 11.4 Å². The number of furan rings is 1. The molecule has 0 radical (unpaired) electrons. The number of benzene rings is 3. The summed E-state index contributed by atoms with van der Waals surface area (Å²) in [5.74, 6) is -0.279. The second-order valence-electron chi connectivity index (χ2n) is 8.94. The van der Waals surface area contributed by atoms with Crippen LogP contribution in [-0.2, 0) is 16.6 Å². The summed E-state index contributed by atoms with van der Waals surface area (Å²) in [6, 6.07) is 23.3. The first-order chi connectivity index (χ1) is 19.3. The zero-order valence-electron chi connectivity index (χ0n) is 21.7. The van der Waals surface area contributed by atoms with Crippen LogP contribution in [0, 0.1) is 0 Å². The fourth-order valence-electron chi connectivity index (χ4n) is 4.28. The van der Waals surface area contributed by atoms with Crippen molar-refractivity contribution in [2.24, 2.45) is 0 Å². The Bertz CT molecular complexity index is 1780. The lowest BCUT2D eigenvalue weighted by molar-refractivity contribution is 0.0976. The molecular formula is C30H25N3O6S. The van der Waals surface area contributed by atoms with Crippen molar-refractivity contribution >= 4 is 44.1 Å². The van der Waals surface area contributed by atoms with Gasteiger partial charge in [-0.15, -0.1) is 0 Å². The van der Waals surface area contributed by atoms with Gasteiger partial charge in [0.1, 0.15) is 0 Å². The van der Waals surface area contributed by atoms with Crippen LogP contribution in [0.5, 0.6) is 5.75 Å². The molecule has 1 amide bonds. The molecule has 0 saturated carbocycles. The maximum Gasteiger partial charge on any atom is 0.264 e. The summed E-state index contributed by atoms with van der Waals surface area (Å²) in [5, 5.41) is 0.671. The summed E-state index contributed by atoms with van der Waals surface area (Å²) in [6.07, 6.45) is 3.44. The van der Waals surface area contributed by atoms with Gasteiger partial charge >= 0.3 is 0 Å². The summed E-state index contributed by atoms with van der Waals surface area (Å²) < 4.78 is 38.7. The monoisotopic (exact) mass is 555 g/mol. The Morgan fingerprint density at radius 3 is 2.38 bits per heavy atom. The quantitative estimate of drug-likeness (QED) is 0.237. The van der Waals surface area contributed by atoms with Gasteiger partial charge in [-0.05, 0) is 66.2 Å². The molecule has 5 aromatic rings.